The molecule has 148 valence electrons. The van der Waals surface area contributed by atoms with Crippen LogP contribution in [-0.4, -0.2) is 23.1 Å². The molecule has 0 saturated heterocycles. The van der Waals surface area contributed by atoms with Crippen LogP contribution in [0, 0.1) is 12.7 Å². The third-order valence-corrected chi connectivity index (χ3v) is 7.18. The molecule has 3 aromatic rings. The van der Waals surface area contributed by atoms with Crippen LogP contribution in [0.25, 0.3) is 0 Å². The molecule has 0 atom stereocenters. The lowest BCUT2D eigenvalue weighted by atomic mass is 10.2. The Morgan fingerprint density at radius 1 is 1.00 bits per heavy atom. The molecule has 0 amide bonds. The first-order valence-corrected chi connectivity index (χ1v) is 11.5. The molecule has 0 N–H and O–H groups in total. The number of furan rings is 1. The molecule has 0 aliphatic heterocycles. The van der Waals surface area contributed by atoms with Crippen molar-refractivity contribution in [1.29, 1.82) is 0 Å². The first-order chi connectivity index (χ1) is 13.1. The zero-order valence-electron chi connectivity index (χ0n) is 15.2. The number of hydrogen-bond acceptors (Lipinski definition) is 5. The van der Waals surface area contributed by atoms with E-state index >= 15 is 0 Å². The SMILES string of the molecule is Cc1ccc(S(C)(=O)=O)cc1S(=O)(=O)N(Cc1ccco1)c1ccc(F)cc1. The van der Waals surface area contributed by atoms with Crippen molar-refractivity contribution in [3.8, 4) is 0 Å². The predicted octanol–water partition coefficient (Wildman–Crippen LogP) is 3.53. The van der Waals surface area contributed by atoms with Gasteiger partial charge in [-0.25, -0.2) is 21.2 Å². The third-order valence-electron chi connectivity index (χ3n) is 4.15. The van der Waals surface area contributed by atoms with Crippen molar-refractivity contribution < 1.29 is 25.6 Å². The van der Waals surface area contributed by atoms with E-state index in [0.717, 1.165) is 28.8 Å². The summed E-state index contributed by atoms with van der Waals surface area (Å²) in [5.41, 5.74) is 0.612. The first-order valence-electron chi connectivity index (χ1n) is 8.20. The molecular weight excluding hydrogens is 405 g/mol. The van der Waals surface area contributed by atoms with E-state index in [9.17, 15) is 21.2 Å². The maximum Gasteiger partial charge on any atom is 0.265 e. The Bertz CT molecular complexity index is 1190. The van der Waals surface area contributed by atoms with Gasteiger partial charge in [0.15, 0.2) is 9.84 Å². The zero-order valence-corrected chi connectivity index (χ0v) is 16.8. The number of rotatable bonds is 6. The van der Waals surface area contributed by atoms with Gasteiger partial charge in [-0.15, -0.1) is 0 Å². The molecule has 6 nitrogen and oxygen atoms in total. The number of aryl methyl sites for hydroxylation is 1. The lowest BCUT2D eigenvalue weighted by Crippen LogP contribution is -2.31. The monoisotopic (exact) mass is 423 g/mol. The normalized spacial score (nSPS) is 12.1. The van der Waals surface area contributed by atoms with Crippen molar-refractivity contribution in [3.05, 3.63) is 78.0 Å². The van der Waals surface area contributed by atoms with Crippen molar-refractivity contribution in [2.75, 3.05) is 10.6 Å². The molecule has 1 aromatic heterocycles. The number of anilines is 1. The Balaban J connectivity index is 2.17. The van der Waals surface area contributed by atoms with Crippen molar-refractivity contribution in [1.82, 2.24) is 0 Å². The Kier molecular flexibility index (Phi) is 5.31. The third kappa shape index (κ3) is 4.10. The highest BCUT2D eigenvalue weighted by atomic mass is 32.2. The Morgan fingerprint density at radius 2 is 1.68 bits per heavy atom. The van der Waals surface area contributed by atoms with E-state index in [1.165, 1.54) is 30.5 Å². The van der Waals surface area contributed by atoms with E-state index in [0.29, 0.717) is 11.3 Å². The van der Waals surface area contributed by atoms with Gasteiger partial charge >= 0.3 is 0 Å². The maximum atomic E-state index is 13.4. The second-order valence-electron chi connectivity index (χ2n) is 6.27. The van der Waals surface area contributed by atoms with Gasteiger partial charge in [-0.1, -0.05) is 6.07 Å². The quantitative estimate of drug-likeness (QED) is 0.606. The van der Waals surface area contributed by atoms with Gasteiger partial charge in [0.2, 0.25) is 0 Å². The molecule has 3 rings (SSSR count). The summed E-state index contributed by atoms with van der Waals surface area (Å²) in [4.78, 5) is -0.250. The maximum absolute atomic E-state index is 13.4. The molecule has 28 heavy (non-hydrogen) atoms. The van der Waals surface area contributed by atoms with E-state index in [2.05, 4.69) is 0 Å². The summed E-state index contributed by atoms with van der Waals surface area (Å²) in [6.45, 7) is 1.44. The number of sulfonamides is 1. The van der Waals surface area contributed by atoms with Crippen LogP contribution in [0.15, 0.2) is 75.1 Å². The van der Waals surface area contributed by atoms with Crippen LogP contribution in [0.1, 0.15) is 11.3 Å². The van der Waals surface area contributed by atoms with Crippen molar-refractivity contribution >= 4 is 25.5 Å². The Morgan fingerprint density at radius 3 is 2.25 bits per heavy atom. The summed E-state index contributed by atoms with van der Waals surface area (Å²) in [6, 6.07) is 12.2. The van der Waals surface area contributed by atoms with Crippen LogP contribution >= 0.6 is 0 Å². The highest BCUT2D eigenvalue weighted by molar-refractivity contribution is 7.93. The zero-order chi connectivity index (χ0) is 20.5. The summed E-state index contributed by atoms with van der Waals surface area (Å²) in [5, 5.41) is 0. The molecule has 0 bridgehead atoms. The second kappa shape index (κ2) is 7.40. The minimum Gasteiger partial charge on any atom is -0.467 e. The summed E-state index contributed by atoms with van der Waals surface area (Å²) < 4.78 is 70.3. The number of halogens is 1. The lowest BCUT2D eigenvalue weighted by Gasteiger charge is -2.24. The van der Waals surface area contributed by atoms with Gasteiger partial charge in [-0.05, 0) is 61.0 Å². The fraction of sp³-hybridized carbons (Fsp3) is 0.158. The number of sulfone groups is 1. The Labute approximate surface area is 163 Å². The van der Waals surface area contributed by atoms with Gasteiger partial charge in [-0.3, -0.25) is 4.31 Å². The van der Waals surface area contributed by atoms with E-state index in [1.807, 2.05) is 0 Å². The van der Waals surface area contributed by atoms with Crippen LogP contribution in [0.5, 0.6) is 0 Å². The number of nitrogens with zero attached hydrogens (tertiary/aromatic N) is 1. The molecule has 0 fully saturated rings. The van der Waals surface area contributed by atoms with Gasteiger partial charge in [0, 0.05) is 6.26 Å². The van der Waals surface area contributed by atoms with Crippen LogP contribution in [0.4, 0.5) is 10.1 Å². The molecule has 0 spiro atoms. The average Bonchev–Trinajstić information content (AvgIpc) is 3.13. The predicted molar refractivity (Wildman–Crippen MR) is 103 cm³/mol. The van der Waals surface area contributed by atoms with Crippen LogP contribution in [0.2, 0.25) is 0 Å². The lowest BCUT2D eigenvalue weighted by molar-refractivity contribution is 0.508. The summed E-state index contributed by atoms with van der Waals surface area (Å²) in [7, 11) is -7.77. The minimum absolute atomic E-state index is 0.103. The number of benzene rings is 2. The standard InChI is InChI=1S/C19H18FNO5S2/c1-14-5-10-18(27(2,22)23)12-19(14)28(24,25)21(13-17-4-3-11-26-17)16-8-6-15(20)7-9-16/h3-12H,13H2,1-2H3. The highest BCUT2D eigenvalue weighted by Crippen LogP contribution is 2.29. The molecule has 0 aliphatic rings. The van der Waals surface area contributed by atoms with Crippen LogP contribution in [0.3, 0.4) is 0 Å². The first kappa shape index (κ1) is 20.1. The van der Waals surface area contributed by atoms with Crippen LogP contribution < -0.4 is 4.31 Å². The van der Waals surface area contributed by atoms with E-state index < -0.39 is 25.7 Å². The van der Waals surface area contributed by atoms with Crippen LogP contribution in [-0.2, 0) is 26.4 Å². The van der Waals surface area contributed by atoms with Gasteiger partial charge in [0.1, 0.15) is 11.6 Å². The molecule has 0 saturated carbocycles. The van der Waals surface area contributed by atoms with Gasteiger partial charge in [0.05, 0.1) is 28.3 Å². The summed E-state index contributed by atoms with van der Waals surface area (Å²) in [6.07, 6.45) is 2.43. The molecule has 2 aromatic carbocycles. The molecule has 0 aliphatic carbocycles. The van der Waals surface area contributed by atoms with E-state index in [-0.39, 0.29) is 22.0 Å². The number of hydrogen-bond donors (Lipinski definition) is 0. The van der Waals surface area contributed by atoms with Gasteiger partial charge in [0.25, 0.3) is 10.0 Å². The molecular formula is C19H18FNO5S2. The fourth-order valence-corrected chi connectivity index (χ4v) is 5.08. The van der Waals surface area contributed by atoms with E-state index in [4.69, 9.17) is 4.42 Å². The van der Waals surface area contributed by atoms with Crippen molar-refractivity contribution in [3.63, 3.8) is 0 Å². The molecule has 1 heterocycles. The second-order valence-corrected chi connectivity index (χ2v) is 10.1. The van der Waals surface area contributed by atoms with Gasteiger partial charge in [-0.2, -0.15) is 0 Å². The van der Waals surface area contributed by atoms with Crippen molar-refractivity contribution in [2.45, 2.75) is 23.3 Å². The summed E-state index contributed by atoms with van der Waals surface area (Å²) in [5.74, 6) is -0.126. The van der Waals surface area contributed by atoms with E-state index in [1.54, 1.807) is 19.1 Å². The molecule has 0 radical (unpaired) electrons. The van der Waals surface area contributed by atoms with Crippen molar-refractivity contribution in [2.24, 2.45) is 0 Å². The Hall–Kier alpha value is -2.65. The smallest absolute Gasteiger partial charge is 0.265 e. The van der Waals surface area contributed by atoms with Gasteiger partial charge < -0.3 is 4.42 Å². The average molecular weight is 423 g/mol. The molecule has 0 unspecified atom stereocenters. The molecule has 9 heteroatoms. The fourth-order valence-electron chi connectivity index (χ4n) is 2.67. The topological polar surface area (TPSA) is 84.7 Å². The highest BCUT2D eigenvalue weighted by Gasteiger charge is 2.29. The largest absolute Gasteiger partial charge is 0.467 e. The summed E-state index contributed by atoms with van der Waals surface area (Å²) >= 11 is 0. The minimum atomic E-state index is -4.17.